The van der Waals surface area contributed by atoms with Crippen LogP contribution in [0.1, 0.15) is 38.3 Å². The van der Waals surface area contributed by atoms with Gasteiger partial charge in [-0.3, -0.25) is 0 Å². The second kappa shape index (κ2) is 5.21. The van der Waals surface area contributed by atoms with E-state index in [0.29, 0.717) is 12.5 Å². The highest BCUT2D eigenvalue weighted by Crippen LogP contribution is 2.32. The molecule has 90 valence electrons. The summed E-state index contributed by atoms with van der Waals surface area (Å²) in [6.07, 6.45) is 4.60. The minimum atomic E-state index is -0.0959. The molecule has 1 saturated carbocycles. The van der Waals surface area contributed by atoms with Gasteiger partial charge in [-0.2, -0.15) is 0 Å². The molecule has 0 amide bonds. The molecule has 0 radical (unpaired) electrons. The standard InChI is InChI=1S/C11H19N3OS/c1-9-3-2-4-11(5-9,8-15)12-6-10-7-16-14-13-10/h7,9,12,15H,2-6,8H2,1H3. The van der Waals surface area contributed by atoms with Crippen molar-refractivity contribution in [1.29, 1.82) is 0 Å². The van der Waals surface area contributed by atoms with Crippen LogP contribution in [0.5, 0.6) is 0 Å². The first-order valence-electron chi connectivity index (χ1n) is 5.86. The van der Waals surface area contributed by atoms with Gasteiger partial charge >= 0.3 is 0 Å². The first-order valence-corrected chi connectivity index (χ1v) is 6.69. The van der Waals surface area contributed by atoms with Gasteiger partial charge in [0.1, 0.15) is 0 Å². The summed E-state index contributed by atoms with van der Waals surface area (Å²) >= 11 is 1.37. The van der Waals surface area contributed by atoms with Crippen LogP contribution >= 0.6 is 11.5 Å². The highest BCUT2D eigenvalue weighted by atomic mass is 32.1. The van der Waals surface area contributed by atoms with Crippen LogP contribution < -0.4 is 5.32 Å². The molecule has 1 fully saturated rings. The van der Waals surface area contributed by atoms with Crippen molar-refractivity contribution in [3.63, 3.8) is 0 Å². The molecule has 2 unspecified atom stereocenters. The van der Waals surface area contributed by atoms with Crippen molar-refractivity contribution in [3.05, 3.63) is 11.1 Å². The number of aliphatic hydroxyl groups is 1. The second-order valence-electron chi connectivity index (χ2n) is 4.89. The molecule has 0 aliphatic heterocycles. The third kappa shape index (κ3) is 2.78. The summed E-state index contributed by atoms with van der Waals surface area (Å²) in [7, 11) is 0. The fraction of sp³-hybridized carbons (Fsp3) is 0.818. The molecule has 0 aromatic carbocycles. The number of aliphatic hydroxyl groups excluding tert-OH is 1. The number of nitrogens with one attached hydrogen (secondary N) is 1. The van der Waals surface area contributed by atoms with Gasteiger partial charge in [-0.15, -0.1) is 5.10 Å². The van der Waals surface area contributed by atoms with Gasteiger partial charge < -0.3 is 10.4 Å². The molecule has 2 atom stereocenters. The van der Waals surface area contributed by atoms with Crippen LogP contribution in [0.2, 0.25) is 0 Å². The van der Waals surface area contributed by atoms with Crippen LogP contribution in [0.15, 0.2) is 5.38 Å². The normalized spacial score (nSPS) is 30.5. The van der Waals surface area contributed by atoms with Gasteiger partial charge in [0.15, 0.2) is 0 Å². The van der Waals surface area contributed by atoms with Crippen molar-refractivity contribution in [2.24, 2.45) is 5.92 Å². The predicted molar refractivity (Wildman–Crippen MR) is 64.2 cm³/mol. The van der Waals surface area contributed by atoms with Gasteiger partial charge in [-0.1, -0.05) is 24.3 Å². The van der Waals surface area contributed by atoms with Crippen molar-refractivity contribution >= 4 is 11.5 Å². The van der Waals surface area contributed by atoms with Crippen LogP contribution in [0.25, 0.3) is 0 Å². The second-order valence-corrected chi connectivity index (χ2v) is 5.50. The van der Waals surface area contributed by atoms with Crippen LogP contribution in [-0.2, 0) is 6.54 Å². The van der Waals surface area contributed by atoms with Gasteiger partial charge in [0.05, 0.1) is 12.3 Å². The topological polar surface area (TPSA) is 58.0 Å². The van der Waals surface area contributed by atoms with Gasteiger partial charge in [-0.25, -0.2) is 0 Å². The Morgan fingerprint density at radius 1 is 1.69 bits per heavy atom. The van der Waals surface area contributed by atoms with Crippen molar-refractivity contribution in [3.8, 4) is 0 Å². The Morgan fingerprint density at radius 3 is 3.19 bits per heavy atom. The molecule has 0 spiro atoms. The minimum absolute atomic E-state index is 0.0959. The molecule has 0 bridgehead atoms. The van der Waals surface area contributed by atoms with E-state index in [0.717, 1.165) is 18.5 Å². The van der Waals surface area contributed by atoms with Crippen molar-refractivity contribution in [2.45, 2.75) is 44.7 Å². The lowest BCUT2D eigenvalue weighted by Gasteiger charge is -2.39. The van der Waals surface area contributed by atoms with Crippen LogP contribution in [0.3, 0.4) is 0 Å². The van der Waals surface area contributed by atoms with E-state index in [2.05, 4.69) is 21.8 Å². The Labute approximate surface area is 100 Å². The highest BCUT2D eigenvalue weighted by Gasteiger charge is 2.33. The number of hydrogen-bond acceptors (Lipinski definition) is 5. The van der Waals surface area contributed by atoms with Crippen LogP contribution in [-0.4, -0.2) is 26.8 Å². The van der Waals surface area contributed by atoms with Gasteiger partial charge in [0.2, 0.25) is 0 Å². The average Bonchev–Trinajstić information content (AvgIpc) is 2.79. The third-order valence-corrected chi connectivity index (χ3v) is 4.00. The van der Waals surface area contributed by atoms with E-state index >= 15 is 0 Å². The molecule has 5 heteroatoms. The largest absolute Gasteiger partial charge is 0.394 e. The summed E-state index contributed by atoms with van der Waals surface area (Å²) in [5.74, 6) is 0.696. The number of rotatable bonds is 4. The van der Waals surface area contributed by atoms with Crippen molar-refractivity contribution in [2.75, 3.05) is 6.61 Å². The van der Waals surface area contributed by atoms with E-state index in [-0.39, 0.29) is 12.1 Å². The van der Waals surface area contributed by atoms with Crippen LogP contribution in [0, 0.1) is 5.92 Å². The van der Waals surface area contributed by atoms with Gasteiger partial charge in [-0.05, 0) is 30.3 Å². The first kappa shape index (κ1) is 12.0. The zero-order valence-corrected chi connectivity index (χ0v) is 10.5. The molecule has 1 aliphatic carbocycles. The Hall–Kier alpha value is -0.520. The quantitative estimate of drug-likeness (QED) is 0.840. The molecule has 2 N–H and O–H groups in total. The smallest absolute Gasteiger partial charge is 0.0893 e. The highest BCUT2D eigenvalue weighted by molar-refractivity contribution is 7.03. The zero-order valence-electron chi connectivity index (χ0n) is 9.65. The molecule has 1 aromatic heterocycles. The first-order chi connectivity index (χ1) is 7.74. The average molecular weight is 241 g/mol. The molecule has 1 aromatic rings. The fourth-order valence-electron chi connectivity index (χ4n) is 2.56. The lowest BCUT2D eigenvalue weighted by Crippen LogP contribution is -2.51. The molecule has 1 heterocycles. The lowest BCUT2D eigenvalue weighted by molar-refractivity contribution is 0.0979. The molecule has 0 saturated heterocycles. The Balaban J connectivity index is 1.93. The Bertz CT molecular complexity index is 317. The Kier molecular flexibility index (Phi) is 3.89. The van der Waals surface area contributed by atoms with Crippen molar-refractivity contribution in [1.82, 2.24) is 14.9 Å². The lowest BCUT2D eigenvalue weighted by atomic mass is 9.77. The summed E-state index contributed by atoms with van der Waals surface area (Å²) in [5.41, 5.74) is 0.873. The maximum Gasteiger partial charge on any atom is 0.0893 e. The van der Waals surface area contributed by atoms with E-state index in [1.165, 1.54) is 24.4 Å². The van der Waals surface area contributed by atoms with E-state index in [4.69, 9.17) is 0 Å². The third-order valence-electron chi connectivity index (χ3n) is 3.44. The van der Waals surface area contributed by atoms with E-state index in [1.807, 2.05) is 5.38 Å². The van der Waals surface area contributed by atoms with E-state index in [1.54, 1.807) is 0 Å². The summed E-state index contributed by atoms with van der Waals surface area (Å²) in [4.78, 5) is 0. The summed E-state index contributed by atoms with van der Waals surface area (Å²) in [5, 5.41) is 19.0. The van der Waals surface area contributed by atoms with Crippen molar-refractivity contribution < 1.29 is 5.11 Å². The predicted octanol–water partition coefficient (Wildman–Crippen LogP) is 1.57. The van der Waals surface area contributed by atoms with Gasteiger partial charge in [0, 0.05) is 17.5 Å². The molecule has 1 aliphatic rings. The van der Waals surface area contributed by atoms with E-state index < -0.39 is 0 Å². The number of hydrogen-bond donors (Lipinski definition) is 2. The summed E-state index contributed by atoms with van der Waals surface area (Å²) in [6, 6.07) is 0. The molecular formula is C11H19N3OS. The molecule has 4 nitrogen and oxygen atoms in total. The zero-order chi connectivity index (χ0) is 11.4. The number of aromatic nitrogens is 2. The monoisotopic (exact) mass is 241 g/mol. The summed E-state index contributed by atoms with van der Waals surface area (Å²) in [6.45, 7) is 3.19. The fourth-order valence-corrected chi connectivity index (χ4v) is 3.01. The maximum absolute atomic E-state index is 9.59. The van der Waals surface area contributed by atoms with Gasteiger partial charge in [0.25, 0.3) is 0 Å². The SMILES string of the molecule is CC1CCCC(CO)(NCc2csnn2)C1. The van der Waals surface area contributed by atoms with Crippen LogP contribution in [0.4, 0.5) is 0 Å². The van der Waals surface area contributed by atoms with E-state index in [9.17, 15) is 5.11 Å². The minimum Gasteiger partial charge on any atom is -0.394 e. The maximum atomic E-state index is 9.59. The molecule has 2 rings (SSSR count). The Morgan fingerprint density at radius 2 is 2.56 bits per heavy atom. The summed E-state index contributed by atoms with van der Waals surface area (Å²) < 4.78 is 3.84. The molecular weight excluding hydrogens is 222 g/mol. The molecule has 16 heavy (non-hydrogen) atoms. The number of nitrogens with zero attached hydrogens (tertiary/aromatic N) is 2.